The minimum absolute atomic E-state index is 0.620. The van der Waals surface area contributed by atoms with E-state index in [1.807, 2.05) is 30.6 Å². The maximum absolute atomic E-state index is 6.59. The van der Waals surface area contributed by atoms with Crippen LogP contribution < -0.4 is 9.64 Å². The molecule has 2 fully saturated rings. The number of hydrogen-bond acceptors (Lipinski definition) is 5. The Labute approximate surface area is 186 Å². The van der Waals surface area contributed by atoms with Crippen molar-refractivity contribution in [2.45, 2.75) is 37.1 Å². The third-order valence-corrected chi connectivity index (χ3v) is 7.26. The highest BCUT2D eigenvalue weighted by Gasteiger charge is 2.31. The fourth-order valence-electron chi connectivity index (χ4n) is 4.22. The van der Waals surface area contributed by atoms with Crippen molar-refractivity contribution in [3.63, 3.8) is 0 Å². The van der Waals surface area contributed by atoms with Crippen molar-refractivity contribution < 1.29 is 4.74 Å². The molecule has 30 heavy (non-hydrogen) atoms. The third-order valence-electron chi connectivity index (χ3n) is 6.29. The molecular weight excluding hydrogens is 416 g/mol. The Bertz CT molecular complexity index is 1060. The summed E-state index contributed by atoms with van der Waals surface area (Å²) in [4.78, 5) is 12.3. The standard InChI is InChI=1S/C23H27ClN4OS/c1-29-17-8-9-18(19(24)12-17)20-21-26-22(30-2)23(28(21)11-10-25-20)27(14-16-6-7-16)13-15-4-3-5-15/h8-12,15-16H,3-7,13-14H2,1-2H3. The highest BCUT2D eigenvalue weighted by atomic mass is 35.5. The minimum atomic E-state index is 0.620. The molecule has 2 aromatic heterocycles. The SMILES string of the molecule is COc1ccc(-c2nccn3c(N(CC4CCC4)CC4CC4)c(SC)nc23)c(Cl)c1. The van der Waals surface area contributed by atoms with E-state index in [0.717, 1.165) is 52.6 Å². The fourth-order valence-corrected chi connectivity index (χ4v) is 5.07. The van der Waals surface area contributed by atoms with Crippen molar-refractivity contribution in [2.75, 3.05) is 31.4 Å². The van der Waals surface area contributed by atoms with Crippen LogP contribution in [0.1, 0.15) is 32.1 Å². The first-order chi connectivity index (χ1) is 14.7. The van der Waals surface area contributed by atoms with Crippen molar-refractivity contribution in [1.29, 1.82) is 0 Å². The van der Waals surface area contributed by atoms with E-state index in [9.17, 15) is 0 Å². The van der Waals surface area contributed by atoms with Crippen LogP contribution >= 0.6 is 23.4 Å². The van der Waals surface area contributed by atoms with Gasteiger partial charge in [0.25, 0.3) is 0 Å². The van der Waals surface area contributed by atoms with Crippen molar-refractivity contribution >= 4 is 34.8 Å². The van der Waals surface area contributed by atoms with Crippen LogP contribution in [-0.4, -0.2) is 40.8 Å². The first-order valence-electron chi connectivity index (χ1n) is 10.7. The van der Waals surface area contributed by atoms with Crippen molar-refractivity contribution in [3.8, 4) is 17.0 Å². The molecule has 0 spiro atoms. The van der Waals surface area contributed by atoms with E-state index in [1.54, 1.807) is 18.9 Å². The number of methoxy groups -OCH3 is 1. The molecule has 0 unspecified atom stereocenters. The normalized spacial score (nSPS) is 16.6. The average molecular weight is 443 g/mol. The van der Waals surface area contributed by atoms with Crippen LogP contribution in [0.25, 0.3) is 16.9 Å². The Morgan fingerprint density at radius 3 is 2.57 bits per heavy atom. The lowest BCUT2D eigenvalue weighted by Crippen LogP contribution is -2.35. The molecule has 3 aromatic rings. The van der Waals surface area contributed by atoms with Crippen LogP contribution in [0.4, 0.5) is 5.82 Å². The zero-order chi connectivity index (χ0) is 20.7. The van der Waals surface area contributed by atoms with Crippen LogP contribution in [0.3, 0.4) is 0 Å². The van der Waals surface area contributed by atoms with E-state index in [2.05, 4.69) is 20.5 Å². The molecule has 0 atom stereocenters. The number of anilines is 1. The highest BCUT2D eigenvalue weighted by Crippen LogP contribution is 2.40. The molecular formula is C23H27ClN4OS. The number of imidazole rings is 1. The van der Waals surface area contributed by atoms with Gasteiger partial charge in [-0.1, -0.05) is 18.0 Å². The largest absolute Gasteiger partial charge is 0.497 e. The van der Waals surface area contributed by atoms with Crippen molar-refractivity contribution in [1.82, 2.24) is 14.4 Å². The third kappa shape index (κ3) is 3.76. The van der Waals surface area contributed by atoms with Gasteiger partial charge in [0, 0.05) is 31.0 Å². The van der Waals surface area contributed by atoms with E-state index in [4.69, 9.17) is 21.3 Å². The second kappa shape index (κ2) is 8.31. The Balaban J connectivity index is 1.61. The predicted octanol–water partition coefficient (Wildman–Crippen LogP) is 5.80. The maximum Gasteiger partial charge on any atom is 0.166 e. The lowest BCUT2D eigenvalue weighted by atomic mass is 9.85. The summed E-state index contributed by atoms with van der Waals surface area (Å²) in [5, 5.41) is 1.68. The topological polar surface area (TPSA) is 42.7 Å². The van der Waals surface area contributed by atoms with E-state index in [-0.39, 0.29) is 0 Å². The summed E-state index contributed by atoms with van der Waals surface area (Å²) in [5.74, 6) is 3.58. The van der Waals surface area contributed by atoms with Gasteiger partial charge in [-0.3, -0.25) is 9.38 Å². The lowest BCUT2D eigenvalue weighted by molar-refractivity contribution is 0.315. The first kappa shape index (κ1) is 20.0. The number of ether oxygens (including phenoxy) is 1. The van der Waals surface area contributed by atoms with Crippen LogP contribution in [0.5, 0.6) is 5.75 Å². The van der Waals surface area contributed by atoms with Gasteiger partial charge in [0.2, 0.25) is 0 Å². The number of thioether (sulfide) groups is 1. The van der Waals surface area contributed by atoms with E-state index in [1.165, 1.54) is 37.9 Å². The van der Waals surface area contributed by atoms with Crippen LogP contribution in [0, 0.1) is 11.8 Å². The van der Waals surface area contributed by atoms with Gasteiger partial charge in [0.1, 0.15) is 22.3 Å². The number of benzene rings is 1. The molecule has 2 saturated carbocycles. The number of halogens is 1. The van der Waals surface area contributed by atoms with Gasteiger partial charge in [-0.05, 0) is 62.0 Å². The number of nitrogens with zero attached hydrogens (tertiary/aromatic N) is 4. The first-order valence-corrected chi connectivity index (χ1v) is 12.3. The number of hydrogen-bond donors (Lipinski definition) is 0. The van der Waals surface area contributed by atoms with Gasteiger partial charge in [0.15, 0.2) is 5.65 Å². The van der Waals surface area contributed by atoms with Crippen LogP contribution in [0.15, 0.2) is 35.6 Å². The molecule has 0 aliphatic heterocycles. The Morgan fingerprint density at radius 1 is 1.20 bits per heavy atom. The van der Waals surface area contributed by atoms with Crippen LogP contribution in [0.2, 0.25) is 5.02 Å². The summed E-state index contributed by atoms with van der Waals surface area (Å²) < 4.78 is 7.52. The summed E-state index contributed by atoms with van der Waals surface area (Å²) in [5.41, 5.74) is 2.54. The summed E-state index contributed by atoms with van der Waals surface area (Å²) in [7, 11) is 1.65. The van der Waals surface area contributed by atoms with Gasteiger partial charge in [-0.15, -0.1) is 11.8 Å². The molecule has 1 aromatic carbocycles. The van der Waals surface area contributed by atoms with Gasteiger partial charge < -0.3 is 9.64 Å². The second-order valence-corrected chi connectivity index (χ2v) is 9.61. The molecule has 2 heterocycles. The molecule has 0 bridgehead atoms. The molecule has 5 rings (SSSR count). The van der Waals surface area contributed by atoms with E-state index >= 15 is 0 Å². The fraction of sp³-hybridized carbons (Fsp3) is 0.478. The quantitative estimate of drug-likeness (QED) is 0.412. The van der Waals surface area contributed by atoms with Crippen molar-refractivity contribution in [2.24, 2.45) is 11.8 Å². The van der Waals surface area contributed by atoms with Crippen LogP contribution in [-0.2, 0) is 0 Å². The van der Waals surface area contributed by atoms with Gasteiger partial charge in [0.05, 0.1) is 12.1 Å². The molecule has 5 nitrogen and oxygen atoms in total. The average Bonchev–Trinajstić information content (AvgIpc) is 3.46. The lowest BCUT2D eigenvalue weighted by Gasteiger charge is -2.33. The van der Waals surface area contributed by atoms with Crippen molar-refractivity contribution in [3.05, 3.63) is 35.6 Å². The molecule has 0 saturated heterocycles. The van der Waals surface area contributed by atoms with Gasteiger partial charge >= 0.3 is 0 Å². The number of aromatic nitrogens is 3. The molecule has 0 N–H and O–H groups in total. The number of fused-ring (bicyclic) bond motifs is 1. The predicted molar refractivity (Wildman–Crippen MR) is 124 cm³/mol. The Morgan fingerprint density at radius 2 is 1.97 bits per heavy atom. The molecule has 0 amide bonds. The molecule has 0 radical (unpaired) electrons. The minimum Gasteiger partial charge on any atom is -0.497 e. The zero-order valence-electron chi connectivity index (χ0n) is 17.5. The van der Waals surface area contributed by atoms with E-state index in [0.29, 0.717) is 5.02 Å². The molecule has 158 valence electrons. The zero-order valence-corrected chi connectivity index (χ0v) is 19.0. The highest BCUT2D eigenvalue weighted by molar-refractivity contribution is 7.98. The smallest absolute Gasteiger partial charge is 0.166 e. The molecule has 2 aliphatic carbocycles. The molecule has 2 aliphatic rings. The molecule has 7 heteroatoms. The van der Waals surface area contributed by atoms with Gasteiger partial charge in [-0.25, -0.2) is 4.98 Å². The summed E-state index contributed by atoms with van der Waals surface area (Å²) in [6.45, 7) is 2.25. The van der Waals surface area contributed by atoms with Gasteiger partial charge in [-0.2, -0.15) is 0 Å². The summed E-state index contributed by atoms with van der Waals surface area (Å²) in [6.07, 6.45) is 12.8. The van der Waals surface area contributed by atoms with E-state index < -0.39 is 0 Å². The second-order valence-electron chi connectivity index (χ2n) is 8.41. The Kier molecular flexibility index (Phi) is 5.54. The maximum atomic E-state index is 6.59. The monoisotopic (exact) mass is 442 g/mol. The summed E-state index contributed by atoms with van der Waals surface area (Å²) in [6, 6.07) is 5.71. The summed E-state index contributed by atoms with van der Waals surface area (Å²) >= 11 is 8.30. The Hall–Kier alpha value is -1.92. The number of rotatable bonds is 8.